The standard InChI is InChI=1S/C20H22N4O2/c25-19-10-5-4-9-16(19)14-21-11-6-12-22-20(26)18-13-17(23-24-18)15-7-2-1-3-8-15/h1-5,7-10,13,21,25H,6,11-12,14H2,(H,22,26)(H,23,24). The van der Waals surface area contributed by atoms with Gasteiger partial charge in [-0.2, -0.15) is 5.10 Å². The molecule has 6 nitrogen and oxygen atoms in total. The summed E-state index contributed by atoms with van der Waals surface area (Å²) in [4.78, 5) is 12.1. The number of phenols is 1. The van der Waals surface area contributed by atoms with E-state index in [1.54, 1.807) is 18.2 Å². The number of para-hydroxylation sites is 1. The van der Waals surface area contributed by atoms with E-state index in [2.05, 4.69) is 20.8 Å². The van der Waals surface area contributed by atoms with Crippen LogP contribution in [0.4, 0.5) is 0 Å². The molecule has 0 bridgehead atoms. The molecule has 0 unspecified atom stereocenters. The highest BCUT2D eigenvalue weighted by molar-refractivity contribution is 5.93. The first-order chi connectivity index (χ1) is 12.7. The van der Waals surface area contributed by atoms with Gasteiger partial charge >= 0.3 is 0 Å². The summed E-state index contributed by atoms with van der Waals surface area (Å²) in [6.07, 6.45) is 0.787. The lowest BCUT2D eigenvalue weighted by Crippen LogP contribution is -2.27. The molecular weight excluding hydrogens is 328 g/mol. The van der Waals surface area contributed by atoms with E-state index in [1.807, 2.05) is 42.5 Å². The van der Waals surface area contributed by atoms with Gasteiger partial charge in [0.2, 0.25) is 0 Å². The molecule has 1 aromatic heterocycles. The van der Waals surface area contributed by atoms with Gasteiger partial charge in [0.25, 0.3) is 5.91 Å². The average molecular weight is 350 g/mol. The molecule has 4 N–H and O–H groups in total. The number of phenolic OH excluding ortho intramolecular Hbond substituents is 1. The molecule has 26 heavy (non-hydrogen) atoms. The van der Waals surface area contributed by atoms with Crippen molar-refractivity contribution in [2.45, 2.75) is 13.0 Å². The molecule has 0 atom stereocenters. The average Bonchev–Trinajstić information content (AvgIpc) is 3.17. The molecule has 3 aromatic rings. The molecule has 0 spiro atoms. The van der Waals surface area contributed by atoms with Crippen molar-refractivity contribution in [1.29, 1.82) is 0 Å². The predicted octanol–water partition coefficient (Wildman–Crippen LogP) is 2.69. The second-order valence-electron chi connectivity index (χ2n) is 5.95. The topological polar surface area (TPSA) is 90.0 Å². The number of hydrogen-bond acceptors (Lipinski definition) is 4. The zero-order chi connectivity index (χ0) is 18.2. The first kappa shape index (κ1) is 17.7. The van der Waals surface area contributed by atoms with Crippen molar-refractivity contribution in [2.75, 3.05) is 13.1 Å². The first-order valence-electron chi connectivity index (χ1n) is 8.60. The highest BCUT2D eigenvalue weighted by atomic mass is 16.3. The predicted molar refractivity (Wildman–Crippen MR) is 101 cm³/mol. The van der Waals surface area contributed by atoms with Crippen molar-refractivity contribution in [3.63, 3.8) is 0 Å². The van der Waals surface area contributed by atoms with Crippen LogP contribution < -0.4 is 10.6 Å². The van der Waals surface area contributed by atoms with Gasteiger partial charge in [-0.1, -0.05) is 48.5 Å². The molecule has 0 aliphatic rings. The van der Waals surface area contributed by atoms with E-state index >= 15 is 0 Å². The number of rotatable bonds is 8. The van der Waals surface area contributed by atoms with Crippen LogP contribution in [0.15, 0.2) is 60.7 Å². The number of amides is 1. The monoisotopic (exact) mass is 350 g/mol. The number of carbonyl (C=O) groups is 1. The summed E-state index contributed by atoms with van der Waals surface area (Å²) in [7, 11) is 0. The van der Waals surface area contributed by atoms with Crippen LogP contribution in [0.1, 0.15) is 22.5 Å². The SMILES string of the molecule is O=C(NCCCNCc1ccccc1O)c1cc(-c2ccccc2)[nH]n1. The van der Waals surface area contributed by atoms with Crippen molar-refractivity contribution in [1.82, 2.24) is 20.8 Å². The third-order valence-corrected chi connectivity index (χ3v) is 4.02. The molecular formula is C20H22N4O2. The molecule has 0 saturated carbocycles. The van der Waals surface area contributed by atoms with Crippen LogP contribution in [0.25, 0.3) is 11.3 Å². The fourth-order valence-corrected chi connectivity index (χ4v) is 2.59. The lowest BCUT2D eigenvalue weighted by atomic mass is 10.1. The number of aromatic amines is 1. The normalized spacial score (nSPS) is 10.6. The van der Waals surface area contributed by atoms with Gasteiger partial charge in [0, 0.05) is 18.7 Å². The second kappa shape index (κ2) is 8.82. The summed E-state index contributed by atoms with van der Waals surface area (Å²) < 4.78 is 0. The van der Waals surface area contributed by atoms with Crippen LogP contribution in [-0.2, 0) is 6.54 Å². The molecule has 0 fully saturated rings. The molecule has 0 radical (unpaired) electrons. The highest BCUT2D eigenvalue weighted by Crippen LogP contribution is 2.17. The minimum Gasteiger partial charge on any atom is -0.508 e. The minimum absolute atomic E-state index is 0.191. The van der Waals surface area contributed by atoms with Crippen molar-refractivity contribution < 1.29 is 9.90 Å². The molecule has 3 rings (SSSR count). The first-order valence-corrected chi connectivity index (χ1v) is 8.60. The molecule has 0 saturated heterocycles. The maximum Gasteiger partial charge on any atom is 0.271 e. The second-order valence-corrected chi connectivity index (χ2v) is 5.95. The Kier molecular flexibility index (Phi) is 6.01. The molecule has 0 aliphatic heterocycles. The van der Waals surface area contributed by atoms with Crippen LogP contribution >= 0.6 is 0 Å². The summed E-state index contributed by atoms with van der Waals surface area (Å²) in [5.41, 5.74) is 3.06. The number of hydrogen-bond donors (Lipinski definition) is 4. The van der Waals surface area contributed by atoms with Gasteiger partial charge in [-0.25, -0.2) is 0 Å². The van der Waals surface area contributed by atoms with E-state index in [0.717, 1.165) is 29.8 Å². The Labute approximate surface area is 152 Å². The Morgan fingerprint density at radius 2 is 1.81 bits per heavy atom. The van der Waals surface area contributed by atoms with Gasteiger partial charge in [-0.15, -0.1) is 0 Å². The Morgan fingerprint density at radius 3 is 2.62 bits per heavy atom. The van der Waals surface area contributed by atoms with Crippen molar-refractivity contribution in [2.24, 2.45) is 0 Å². The van der Waals surface area contributed by atoms with Crippen molar-refractivity contribution in [3.05, 3.63) is 71.9 Å². The number of nitrogens with zero attached hydrogens (tertiary/aromatic N) is 1. The molecule has 6 heteroatoms. The Bertz CT molecular complexity index is 846. The van der Waals surface area contributed by atoms with Crippen LogP contribution in [0.3, 0.4) is 0 Å². The largest absolute Gasteiger partial charge is 0.508 e. The van der Waals surface area contributed by atoms with E-state index in [0.29, 0.717) is 24.5 Å². The number of aromatic hydroxyl groups is 1. The maximum absolute atomic E-state index is 12.1. The minimum atomic E-state index is -0.191. The van der Waals surface area contributed by atoms with Gasteiger partial charge in [-0.05, 0) is 30.7 Å². The summed E-state index contributed by atoms with van der Waals surface area (Å²) in [6, 6.07) is 18.8. The third kappa shape index (κ3) is 4.70. The van der Waals surface area contributed by atoms with E-state index < -0.39 is 0 Å². The van der Waals surface area contributed by atoms with Crippen molar-refractivity contribution in [3.8, 4) is 17.0 Å². The Balaban J connectivity index is 1.38. The van der Waals surface area contributed by atoms with Gasteiger partial charge in [-0.3, -0.25) is 9.89 Å². The van der Waals surface area contributed by atoms with Crippen molar-refractivity contribution >= 4 is 5.91 Å². The smallest absolute Gasteiger partial charge is 0.271 e. The van der Waals surface area contributed by atoms with Crippen LogP contribution in [0.5, 0.6) is 5.75 Å². The quantitative estimate of drug-likeness (QED) is 0.470. The number of nitrogens with one attached hydrogen (secondary N) is 3. The molecule has 0 aliphatic carbocycles. The zero-order valence-corrected chi connectivity index (χ0v) is 14.4. The lowest BCUT2D eigenvalue weighted by Gasteiger charge is -2.07. The van der Waals surface area contributed by atoms with Crippen LogP contribution in [0, 0.1) is 0 Å². The summed E-state index contributed by atoms with van der Waals surface area (Å²) in [5, 5.41) is 22.8. The summed E-state index contributed by atoms with van der Waals surface area (Å²) in [5.74, 6) is 0.102. The maximum atomic E-state index is 12.1. The van der Waals surface area contributed by atoms with Crippen LogP contribution in [0.2, 0.25) is 0 Å². The zero-order valence-electron chi connectivity index (χ0n) is 14.4. The van der Waals surface area contributed by atoms with E-state index in [4.69, 9.17) is 0 Å². The van der Waals surface area contributed by atoms with E-state index in [1.165, 1.54) is 0 Å². The Hall–Kier alpha value is -3.12. The molecule has 2 aromatic carbocycles. The van der Waals surface area contributed by atoms with E-state index in [-0.39, 0.29) is 5.91 Å². The number of aromatic nitrogens is 2. The van der Waals surface area contributed by atoms with Gasteiger partial charge in [0.1, 0.15) is 5.75 Å². The number of benzene rings is 2. The van der Waals surface area contributed by atoms with Gasteiger partial charge in [0.05, 0.1) is 5.69 Å². The van der Waals surface area contributed by atoms with Gasteiger partial charge in [0.15, 0.2) is 5.69 Å². The highest BCUT2D eigenvalue weighted by Gasteiger charge is 2.10. The van der Waals surface area contributed by atoms with E-state index in [9.17, 15) is 9.90 Å². The fraction of sp³-hybridized carbons (Fsp3) is 0.200. The molecule has 1 heterocycles. The third-order valence-electron chi connectivity index (χ3n) is 4.02. The summed E-state index contributed by atoms with van der Waals surface area (Å²) in [6.45, 7) is 1.89. The molecule has 134 valence electrons. The van der Waals surface area contributed by atoms with Gasteiger partial charge < -0.3 is 15.7 Å². The number of H-pyrrole nitrogens is 1. The van der Waals surface area contributed by atoms with Crippen LogP contribution in [-0.4, -0.2) is 34.3 Å². The Morgan fingerprint density at radius 1 is 1.04 bits per heavy atom. The summed E-state index contributed by atoms with van der Waals surface area (Å²) >= 11 is 0. The fourth-order valence-electron chi connectivity index (χ4n) is 2.59. The number of carbonyl (C=O) groups excluding carboxylic acids is 1. The lowest BCUT2D eigenvalue weighted by molar-refractivity contribution is 0.0948. The molecule has 1 amide bonds.